The average Bonchev–Trinajstić information content (AvgIpc) is 2.81. The summed E-state index contributed by atoms with van der Waals surface area (Å²) in [6.45, 7) is 0. The topological polar surface area (TPSA) is 78.4 Å². The third-order valence-electron chi connectivity index (χ3n) is 5.02. The van der Waals surface area contributed by atoms with Crippen LogP contribution in [0.2, 0.25) is 0 Å². The molecular weight excluding hydrogens is 400 g/mol. The minimum atomic E-state index is -0.484. The molecule has 0 aliphatic heterocycles. The summed E-state index contributed by atoms with van der Waals surface area (Å²) < 4.78 is 0. The number of phenolic OH excluding ortho intramolecular Hbond substituents is 1. The fraction of sp³-hybridized carbons (Fsp3) is 0.0370. The summed E-state index contributed by atoms with van der Waals surface area (Å²) in [6.07, 6.45) is 0. The van der Waals surface area contributed by atoms with E-state index in [4.69, 9.17) is 0 Å². The quantitative estimate of drug-likeness (QED) is 0.388. The number of anilines is 2. The Morgan fingerprint density at radius 3 is 1.78 bits per heavy atom. The number of benzene rings is 4. The van der Waals surface area contributed by atoms with E-state index in [9.17, 15) is 14.7 Å². The summed E-state index contributed by atoms with van der Waals surface area (Å²) in [4.78, 5) is 25.9. The molecule has 0 bridgehead atoms. The number of phenols is 1. The normalized spacial score (nSPS) is 10.5. The van der Waals surface area contributed by atoms with Crippen LogP contribution >= 0.6 is 0 Å². The van der Waals surface area contributed by atoms with Crippen molar-refractivity contribution in [2.45, 2.75) is 5.92 Å². The fourth-order valence-corrected chi connectivity index (χ4v) is 3.53. The number of nitrogens with one attached hydrogen (secondary N) is 2. The number of carbonyl (C=O) groups is 2. The molecule has 0 saturated heterocycles. The molecular formula is C27H22N2O3. The van der Waals surface area contributed by atoms with Crippen LogP contribution in [0.4, 0.5) is 11.4 Å². The van der Waals surface area contributed by atoms with E-state index in [1.54, 1.807) is 36.4 Å². The maximum absolute atomic E-state index is 13.3. The van der Waals surface area contributed by atoms with Crippen molar-refractivity contribution in [2.75, 3.05) is 10.6 Å². The number of rotatable bonds is 6. The molecule has 2 amide bonds. The van der Waals surface area contributed by atoms with E-state index in [0.29, 0.717) is 16.9 Å². The minimum absolute atomic E-state index is 0.0664. The SMILES string of the molecule is O=C(Nc1cccc(O)c1)c1cccc(NC(=O)C(c2ccccc2)c2ccccc2)c1. The van der Waals surface area contributed by atoms with Gasteiger partial charge in [0.2, 0.25) is 5.91 Å². The van der Waals surface area contributed by atoms with Gasteiger partial charge in [-0.3, -0.25) is 9.59 Å². The molecule has 0 saturated carbocycles. The van der Waals surface area contributed by atoms with Gasteiger partial charge < -0.3 is 15.7 Å². The lowest BCUT2D eigenvalue weighted by atomic mass is 9.90. The molecule has 0 atom stereocenters. The van der Waals surface area contributed by atoms with Gasteiger partial charge >= 0.3 is 0 Å². The first kappa shape index (κ1) is 20.9. The summed E-state index contributed by atoms with van der Waals surface area (Å²) >= 11 is 0. The molecule has 4 aromatic rings. The van der Waals surface area contributed by atoms with E-state index >= 15 is 0 Å². The molecule has 4 aromatic carbocycles. The second-order valence-corrected chi connectivity index (χ2v) is 7.33. The van der Waals surface area contributed by atoms with Gasteiger partial charge in [-0.25, -0.2) is 0 Å². The highest BCUT2D eigenvalue weighted by Crippen LogP contribution is 2.26. The first-order valence-corrected chi connectivity index (χ1v) is 10.2. The molecule has 158 valence electrons. The number of aromatic hydroxyl groups is 1. The van der Waals surface area contributed by atoms with E-state index in [0.717, 1.165) is 11.1 Å². The van der Waals surface area contributed by atoms with Gasteiger partial charge in [-0.15, -0.1) is 0 Å². The Hall–Kier alpha value is -4.38. The summed E-state index contributed by atoms with van der Waals surface area (Å²) in [7, 11) is 0. The molecule has 0 aromatic heterocycles. The Morgan fingerprint density at radius 1 is 0.625 bits per heavy atom. The van der Waals surface area contributed by atoms with Crippen LogP contribution < -0.4 is 10.6 Å². The van der Waals surface area contributed by atoms with Gasteiger partial charge in [-0.1, -0.05) is 72.8 Å². The van der Waals surface area contributed by atoms with Gasteiger partial charge in [0.15, 0.2) is 0 Å². The maximum Gasteiger partial charge on any atom is 0.255 e. The fourth-order valence-electron chi connectivity index (χ4n) is 3.53. The summed E-state index contributed by atoms with van der Waals surface area (Å²) in [6, 6.07) is 32.3. The Balaban J connectivity index is 1.55. The zero-order valence-corrected chi connectivity index (χ0v) is 17.2. The van der Waals surface area contributed by atoms with Crippen molar-refractivity contribution in [1.82, 2.24) is 0 Å². The summed E-state index contributed by atoms with van der Waals surface area (Å²) in [5, 5.41) is 15.3. The van der Waals surface area contributed by atoms with Crippen LogP contribution in [0.5, 0.6) is 5.75 Å². The average molecular weight is 422 g/mol. The van der Waals surface area contributed by atoms with Crippen molar-refractivity contribution < 1.29 is 14.7 Å². The molecule has 0 fully saturated rings. The predicted octanol–water partition coefficient (Wildman–Crippen LogP) is 5.42. The van der Waals surface area contributed by atoms with E-state index < -0.39 is 5.92 Å². The van der Waals surface area contributed by atoms with Crippen LogP contribution in [-0.4, -0.2) is 16.9 Å². The van der Waals surface area contributed by atoms with E-state index in [1.807, 2.05) is 60.7 Å². The highest BCUT2D eigenvalue weighted by molar-refractivity contribution is 6.06. The molecule has 0 aliphatic carbocycles. The molecule has 5 heteroatoms. The smallest absolute Gasteiger partial charge is 0.255 e. The lowest BCUT2D eigenvalue weighted by molar-refractivity contribution is -0.116. The van der Waals surface area contributed by atoms with Gasteiger partial charge in [0.05, 0.1) is 5.92 Å². The van der Waals surface area contributed by atoms with E-state index in [1.165, 1.54) is 12.1 Å². The van der Waals surface area contributed by atoms with Crippen molar-refractivity contribution >= 4 is 23.2 Å². The third kappa shape index (κ3) is 5.02. The van der Waals surface area contributed by atoms with Gasteiger partial charge in [0, 0.05) is 23.0 Å². The molecule has 32 heavy (non-hydrogen) atoms. The molecule has 0 aliphatic rings. The number of carbonyl (C=O) groups excluding carboxylic acids is 2. The van der Waals surface area contributed by atoms with Crippen LogP contribution in [-0.2, 0) is 4.79 Å². The molecule has 5 nitrogen and oxygen atoms in total. The van der Waals surface area contributed by atoms with Gasteiger partial charge in [0.1, 0.15) is 5.75 Å². The number of hydrogen-bond donors (Lipinski definition) is 3. The molecule has 0 spiro atoms. The Bertz CT molecular complexity index is 1180. The maximum atomic E-state index is 13.3. The zero-order valence-electron chi connectivity index (χ0n) is 17.2. The van der Waals surface area contributed by atoms with Crippen LogP contribution in [0, 0.1) is 0 Å². The minimum Gasteiger partial charge on any atom is -0.508 e. The highest BCUT2D eigenvalue weighted by atomic mass is 16.3. The second-order valence-electron chi connectivity index (χ2n) is 7.33. The van der Waals surface area contributed by atoms with Crippen molar-refractivity contribution in [2.24, 2.45) is 0 Å². The second kappa shape index (κ2) is 9.62. The Kier molecular flexibility index (Phi) is 6.28. The standard InChI is InChI=1S/C27H22N2O3/c30-24-16-8-15-23(18-24)28-26(31)21-13-7-14-22(17-21)29-27(32)25(19-9-3-1-4-10-19)20-11-5-2-6-12-20/h1-18,25,30H,(H,28,31)(H,29,32). The zero-order chi connectivity index (χ0) is 22.3. The van der Waals surface area contributed by atoms with Gasteiger partial charge in [0.25, 0.3) is 5.91 Å². The largest absolute Gasteiger partial charge is 0.508 e. The molecule has 4 rings (SSSR count). The van der Waals surface area contributed by atoms with Crippen LogP contribution in [0.3, 0.4) is 0 Å². The molecule has 0 heterocycles. The van der Waals surface area contributed by atoms with Crippen molar-refractivity contribution in [3.63, 3.8) is 0 Å². The molecule has 0 unspecified atom stereocenters. The van der Waals surface area contributed by atoms with E-state index in [-0.39, 0.29) is 17.6 Å². The summed E-state index contributed by atoms with van der Waals surface area (Å²) in [5.41, 5.74) is 3.16. The number of amides is 2. The molecule has 0 radical (unpaired) electrons. The van der Waals surface area contributed by atoms with Crippen molar-refractivity contribution in [3.05, 3.63) is 126 Å². The number of hydrogen-bond acceptors (Lipinski definition) is 3. The van der Waals surface area contributed by atoms with Crippen molar-refractivity contribution in [3.8, 4) is 5.75 Å². The Morgan fingerprint density at radius 2 is 1.19 bits per heavy atom. The summed E-state index contributed by atoms with van der Waals surface area (Å²) in [5.74, 6) is -0.943. The lowest BCUT2D eigenvalue weighted by Crippen LogP contribution is -2.22. The van der Waals surface area contributed by atoms with E-state index in [2.05, 4.69) is 10.6 Å². The first-order valence-electron chi connectivity index (χ1n) is 10.2. The predicted molar refractivity (Wildman–Crippen MR) is 126 cm³/mol. The Labute approximate surface area is 186 Å². The van der Waals surface area contributed by atoms with Crippen molar-refractivity contribution in [1.29, 1.82) is 0 Å². The van der Waals surface area contributed by atoms with Gasteiger partial charge in [-0.2, -0.15) is 0 Å². The lowest BCUT2D eigenvalue weighted by Gasteiger charge is -2.18. The molecule has 3 N–H and O–H groups in total. The van der Waals surface area contributed by atoms with Crippen LogP contribution in [0.1, 0.15) is 27.4 Å². The van der Waals surface area contributed by atoms with Gasteiger partial charge in [-0.05, 0) is 41.5 Å². The van der Waals surface area contributed by atoms with Crippen LogP contribution in [0.25, 0.3) is 0 Å². The monoisotopic (exact) mass is 422 g/mol. The first-order chi connectivity index (χ1) is 15.6. The van der Waals surface area contributed by atoms with Crippen LogP contribution in [0.15, 0.2) is 109 Å². The highest BCUT2D eigenvalue weighted by Gasteiger charge is 2.23. The third-order valence-corrected chi connectivity index (χ3v) is 5.02.